The van der Waals surface area contributed by atoms with E-state index < -0.39 is 0 Å². The van der Waals surface area contributed by atoms with Crippen molar-refractivity contribution in [3.05, 3.63) is 35.4 Å². The van der Waals surface area contributed by atoms with E-state index in [1.165, 1.54) is 43.2 Å². The van der Waals surface area contributed by atoms with Gasteiger partial charge in [-0.1, -0.05) is 0 Å². The van der Waals surface area contributed by atoms with Crippen LogP contribution in [0.4, 0.5) is 0 Å². The first-order chi connectivity index (χ1) is 8.18. The molecule has 1 fully saturated rings. The average Bonchev–Trinajstić information content (AvgIpc) is 2.39. The van der Waals surface area contributed by atoms with E-state index in [9.17, 15) is 0 Å². The molecular formula is C16H22Zr+2. The second-order valence-corrected chi connectivity index (χ2v) is 6.85. The van der Waals surface area contributed by atoms with Crippen LogP contribution < -0.4 is 0 Å². The summed E-state index contributed by atoms with van der Waals surface area (Å²) in [6.07, 6.45) is 7.17. The van der Waals surface area contributed by atoms with E-state index in [1.54, 1.807) is 27.4 Å². The summed E-state index contributed by atoms with van der Waals surface area (Å²) < 4.78 is 1.70. The maximum absolute atomic E-state index is 2.34. The van der Waals surface area contributed by atoms with Crippen molar-refractivity contribution >= 4 is 3.21 Å². The minimum atomic E-state index is 0.645. The molecule has 0 N–H and O–H groups in total. The van der Waals surface area contributed by atoms with Gasteiger partial charge >= 0.3 is 121 Å². The SMILES string of the molecule is CC(C)c1ccc([C](=[Zr+2])C2CCCCC2)cc1. The molecule has 1 aliphatic rings. The van der Waals surface area contributed by atoms with Crippen LogP contribution >= 0.6 is 0 Å². The van der Waals surface area contributed by atoms with Crippen molar-refractivity contribution in [3.63, 3.8) is 0 Å². The van der Waals surface area contributed by atoms with Crippen LogP contribution in [-0.4, -0.2) is 3.21 Å². The summed E-state index contributed by atoms with van der Waals surface area (Å²) in [6.45, 7) is 4.52. The van der Waals surface area contributed by atoms with Crippen LogP contribution in [0.5, 0.6) is 0 Å². The Bertz CT molecular complexity index is 369. The quantitative estimate of drug-likeness (QED) is 0.773. The summed E-state index contributed by atoms with van der Waals surface area (Å²) in [5.74, 6) is 1.53. The zero-order valence-electron chi connectivity index (χ0n) is 11.0. The molecule has 1 heteroatoms. The van der Waals surface area contributed by atoms with Gasteiger partial charge in [-0.25, -0.2) is 0 Å². The van der Waals surface area contributed by atoms with Crippen molar-refractivity contribution in [1.29, 1.82) is 0 Å². The van der Waals surface area contributed by atoms with E-state index in [1.807, 2.05) is 0 Å². The van der Waals surface area contributed by atoms with E-state index in [0.717, 1.165) is 5.92 Å². The third kappa shape index (κ3) is 3.47. The monoisotopic (exact) mass is 304 g/mol. The van der Waals surface area contributed by atoms with Crippen LogP contribution in [0.3, 0.4) is 0 Å². The molecule has 0 aromatic heterocycles. The van der Waals surface area contributed by atoms with Crippen molar-refractivity contribution in [1.82, 2.24) is 0 Å². The first kappa shape index (κ1) is 13.4. The molecule has 1 aromatic carbocycles. The van der Waals surface area contributed by atoms with Gasteiger partial charge < -0.3 is 0 Å². The Morgan fingerprint density at radius 2 is 1.65 bits per heavy atom. The summed E-state index contributed by atoms with van der Waals surface area (Å²) in [7, 11) is 0. The van der Waals surface area contributed by atoms with Gasteiger partial charge in [0.2, 0.25) is 0 Å². The van der Waals surface area contributed by atoms with Crippen molar-refractivity contribution < 1.29 is 24.2 Å². The first-order valence-corrected chi connectivity index (χ1v) is 8.10. The molecule has 0 heterocycles. The summed E-state index contributed by atoms with van der Waals surface area (Å²) >= 11 is 1.62. The van der Waals surface area contributed by atoms with E-state index in [4.69, 9.17) is 0 Å². The zero-order chi connectivity index (χ0) is 12.3. The van der Waals surface area contributed by atoms with Gasteiger partial charge in [0.05, 0.1) is 0 Å². The van der Waals surface area contributed by atoms with Crippen LogP contribution in [0.2, 0.25) is 0 Å². The first-order valence-electron chi connectivity index (χ1n) is 6.87. The van der Waals surface area contributed by atoms with Gasteiger partial charge in [0.25, 0.3) is 0 Å². The van der Waals surface area contributed by atoms with Crippen molar-refractivity contribution in [3.8, 4) is 0 Å². The molecule has 0 radical (unpaired) electrons. The predicted molar refractivity (Wildman–Crippen MR) is 71.2 cm³/mol. The van der Waals surface area contributed by atoms with Crippen LogP contribution in [0.1, 0.15) is 63.0 Å². The molecule has 88 valence electrons. The normalized spacial score (nSPS) is 17.5. The molecule has 1 aromatic rings. The molecule has 0 spiro atoms. The van der Waals surface area contributed by atoms with Crippen LogP contribution in [0.25, 0.3) is 0 Å². The molecule has 0 bridgehead atoms. The van der Waals surface area contributed by atoms with Crippen LogP contribution in [-0.2, 0) is 24.2 Å². The summed E-state index contributed by atoms with van der Waals surface area (Å²) in [4.78, 5) is 0. The predicted octanol–water partition coefficient (Wildman–Crippen LogP) is 4.46. The van der Waals surface area contributed by atoms with Crippen LogP contribution in [0.15, 0.2) is 24.3 Å². The van der Waals surface area contributed by atoms with Gasteiger partial charge in [-0.05, 0) is 0 Å². The fraction of sp³-hybridized carbons (Fsp3) is 0.562. The van der Waals surface area contributed by atoms with Gasteiger partial charge in [-0.3, -0.25) is 0 Å². The van der Waals surface area contributed by atoms with E-state index in [-0.39, 0.29) is 0 Å². The van der Waals surface area contributed by atoms with Crippen molar-refractivity contribution in [2.45, 2.75) is 51.9 Å². The topological polar surface area (TPSA) is 0 Å². The molecule has 0 amide bonds. The molecule has 1 aliphatic carbocycles. The van der Waals surface area contributed by atoms with E-state index >= 15 is 0 Å². The fourth-order valence-electron chi connectivity index (χ4n) is 2.67. The third-order valence-electron chi connectivity index (χ3n) is 3.90. The van der Waals surface area contributed by atoms with Crippen molar-refractivity contribution in [2.24, 2.45) is 5.92 Å². The Morgan fingerprint density at radius 1 is 1.06 bits per heavy atom. The van der Waals surface area contributed by atoms with E-state index in [0.29, 0.717) is 5.92 Å². The molecule has 0 unspecified atom stereocenters. The number of hydrogen-bond donors (Lipinski definition) is 0. The molecule has 0 aliphatic heterocycles. The van der Waals surface area contributed by atoms with Gasteiger partial charge in [0.1, 0.15) is 0 Å². The molecule has 1 saturated carbocycles. The summed E-state index contributed by atoms with van der Waals surface area (Å²) in [5, 5.41) is 0. The van der Waals surface area contributed by atoms with Gasteiger partial charge in [0.15, 0.2) is 0 Å². The van der Waals surface area contributed by atoms with Gasteiger partial charge in [-0.15, -0.1) is 0 Å². The molecule has 0 atom stereocenters. The molecule has 17 heavy (non-hydrogen) atoms. The van der Waals surface area contributed by atoms with Gasteiger partial charge in [-0.2, -0.15) is 0 Å². The molecule has 2 rings (SSSR count). The Morgan fingerprint density at radius 3 is 2.18 bits per heavy atom. The zero-order valence-corrected chi connectivity index (χ0v) is 13.5. The summed E-state index contributed by atoms with van der Waals surface area (Å²) in [6, 6.07) is 9.31. The van der Waals surface area contributed by atoms with Gasteiger partial charge in [0, 0.05) is 0 Å². The fourth-order valence-corrected chi connectivity index (χ4v) is 3.79. The van der Waals surface area contributed by atoms with Crippen molar-refractivity contribution in [2.75, 3.05) is 0 Å². The number of hydrogen-bond acceptors (Lipinski definition) is 0. The number of benzene rings is 1. The molecule has 0 nitrogen and oxygen atoms in total. The third-order valence-corrected chi connectivity index (χ3v) is 5.61. The van der Waals surface area contributed by atoms with Crippen LogP contribution in [0, 0.1) is 5.92 Å². The maximum atomic E-state index is 2.34. The Labute approximate surface area is 120 Å². The number of rotatable bonds is 3. The average molecular weight is 306 g/mol. The Kier molecular flexibility index (Phi) is 4.91. The minimum absolute atomic E-state index is 0.645. The summed E-state index contributed by atoms with van der Waals surface area (Å²) in [5.41, 5.74) is 2.96. The standard InChI is InChI=1S/C16H22.Zr/c1-13(2)16-10-8-15(9-11-16)12-14-6-4-3-5-7-14;/h8-11,13-14H,3-7H2,1-2H3;/q;+2. The molecular weight excluding hydrogens is 283 g/mol. The Balaban J connectivity index is 2.08. The second-order valence-electron chi connectivity index (χ2n) is 5.53. The second kappa shape index (κ2) is 6.23. The molecule has 0 saturated heterocycles. The van der Waals surface area contributed by atoms with E-state index in [2.05, 4.69) is 38.1 Å². The Hall–Kier alpha value is -0.0269.